The number of nitrogens with two attached hydrogens (primary N) is 1. The number of hydrogen-bond acceptors (Lipinski definition) is 3. The predicted octanol–water partition coefficient (Wildman–Crippen LogP) is 4.41. The van der Waals surface area contributed by atoms with Crippen LogP contribution >= 0.6 is 23.2 Å². The van der Waals surface area contributed by atoms with E-state index in [1.165, 1.54) is 0 Å². The minimum Gasteiger partial charge on any atom is -0.394 e. The molecule has 0 saturated carbocycles. The van der Waals surface area contributed by atoms with Crippen molar-refractivity contribution in [3.05, 3.63) is 33.9 Å². The third kappa shape index (κ3) is 2.65. The minimum atomic E-state index is 0.180. The highest BCUT2D eigenvalue weighted by Crippen LogP contribution is 2.35. The van der Waals surface area contributed by atoms with Gasteiger partial charge in [-0.2, -0.15) is 5.10 Å². The third-order valence-electron chi connectivity index (χ3n) is 2.83. The van der Waals surface area contributed by atoms with Crippen LogP contribution in [0.3, 0.4) is 0 Å². The molecule has 1 aromatic heterocycles. The fraction of sp³-hybridized carbons (Fsp3) is 0.308. The number of aromatic nitrogens is 2. The fourth-order valence-corrected chi connectivity index (χ4v) is 2.29. The summed E-state index contributed by atoms with van der Waals surface area (Å²) in [6.45, 7) is 5.93. The van der Waals surface area contributed by atoms with Gasteiger partial charge in [0.15, 0.2) is 5.82 Å². The molecule has 0 aliphatic heterocycles. The highest BCUT2D eigenvalue weighted by molar-refractivity contribution is 6.39. The molecule has 2 rings (SSSR count). The van der Waals surface area contributed by atoms with Crippen LogP contribution in [0.2, 0.25) is 10.0 Å². The van der Waals surface area contributed by atoms with Crippen molar-refractivity contribution < 1.29 is 0 Å². The van der Waals surface area contributed by atoms with Crippen LogP contribution in [0.25, 0.3) is 0 Å². The number of para-hydroxylation sites is 1. The lowest BCUT2D eigenvalue weighted by Crippen LogP contribution is -2.08. The van der Waals surface area contributed by atoms with Crippen LogP contribution < -0.4 is 11.1 Å². The first-order valence-corrected chi connectivity index (χ1v) is 6.73. The molecule has 0 atom stereocenters. The Morgan fingerprint density at radius 3 is 2.37 bits per heavy atom. The van der Waals surface area contributed by atoms with Crippen LogP contribution in [0.4, 0.5) is 17.2 Å². The Hall–Kier alpha value is -1.39. The Kier molecular flexibility index (Phi) is 3.92. The number of benzene rings is 1. The smallest absolute Gasteiger partial charge is 0.152 e. The molecule has 0 spiro atoms. The van der Waals surface area contributed by atoms with Gasteiger partial charge in [0.2, 0.25) is 0 Å². The Labute approximate surface area is 122 Å². The van der Waals surface area contributed by atoms with E-state index in [2.05, 4.69) is 10.4 Å². The first-order chi connectivity index (χ1) is 8.91. The lowest BCUT2D eigenvalue weighted by atomic mass is 10.3. The quantitative estimate of drug-likeness (QED) is 0.883. The van der Waals surface area contributed by atoms with Crippen LogP contribution in [0, 0.1) is 6.92 Å². The van der Waals surface area contributed by atoms with Crippen LogP contribution in [0.5, 0.6) is 0 Å². The standard InChI is InChI=1S/C13H16Cl2N4/c1-7(2)19-13(11(16)8(3)18-19)17-12-9(14)5-4-6-10(12)15/h4-7,17H,16H2,1-3H3. The van der Waals surface area contributed by atoms with Gasteiger partial charge in [0.25, 0.3) is 0 Å². The zero-order valence-electron chi connectivity index (χ0n) is 11.0. The number of nitrogen functional groups attached to an aromatic ring is 1. The molecule has 102 valence electrons. The minimum absolute atomic E-state index is 0.180. The summed E-state index contributed by atoms with van der Waals surface area (Å²) in [6.07, 6.45) is 0. The van der Waals surface area contributed by atoms with E-state index < -0.39 is 0 Å². The molecule has 0 bridgehead atoms. The molecule has 0 aliphatic carbocycles. The summed E-state index contributed by atoms with van der Waals surface area (Å²) in [4.78, 5) is 0. The normalized spacial score (nSPS) is 11.1. The van der Waals surface area contributed by atoms with Gasteiger partial charge in [-0.3, -0.25) is 0 Å². The van der Waals surface area contributed by atoms with E-state index in [4.69, 9.17) is 28.9 Å². The zero-order valence-corrected chi connectivity index (χ0v) is 12.5. The first-order valence-electron chi connectivity index (χ1n) is 5.97. The largest absolute Gasteiger partial charge is 0.394 e. The van der Waals surface area contributed by atoms with Crippen molar-refractivity contribution in [2.45, 2.75) is 26.8 Å². The van der Waals surface area contributed by atoms with E-state index in [0.29, 0.717) is 27.2 Å². The lowest BCUT2D eigenvalue weighted by Gasteiger charge is -2.15. The number of aryl methyl sites for hydroxylation is 1. The summed E-state index contributed by atoms with van der Waals surface area (Å²) >= 11 is 12.3. The maximum Gasteiger partial charge on any atom is 0.152 e. The fourth-order valence-electron chi connectivity index (χ4n) is 1.79. The molecule has 1 aromatic carbocycles. The summed E-state index contributed by atoms with van der Waals surface area (Å²) in [5.41, 5.74) is 8.07. The summed E-state index contributed by atoms with van der Waals surface area (Å²) in [6, 6.07) is 5.52. The van der Waals surface area contributed by atoms with Gasteiger partial charge >= 0.3 is 0 Å². The number of rotatable bonds is 3. The molecule has 1 heterocycles. The van der Waals surface area contributed by atoms with Crippen molar-refractivity contribution in [2.75, 3.05) is 11.1 Å². The second-order valence-corrected chi connectivity index (χ2v) is 5.42. The molecular weight excluding hydrogens is 283 g/mol. The molecule has 19 heavy (non-hydrogen) atoms. The van der Waals surface area contributed by atoms with Crippen LogP contribution in [0.1, 0.15) is 25.6 Å². The molecule has 6 heteroatoms. The SMILES string of the molecule is Cc1nn(C(C)C)c(Nc2c(Cl)cccc2Cl)c1N. The summed E-state index contributed by atoms with van der Waals surface area (Å²) < 4.78 is 1.82. The van der Waals surface area contributed by atoms with E-state index in [9.17, 15) is 0 Å². The van der Waals surface area contributed by atoms with Gasteiger partial charge in [-0.25, -0.2) is 4.68 Å². The van der Waals surface area contributed by atoms with Crippen molar-refractivity contribution in [1.29, 1.82) is 0 Å². The van der Waals surface area contributed by atoms with E-state index in [1.807, 2.05) is 25.5 Å². The van der Waals surface area contributed by atoms with Crippen molar-refractivity contribution >= 4 is 40.4 Å². The second-order valence-electron chi connectivity index (χ2n) is 4.61. The van der Waals surface area contributed by atoms with Crippen molar-refractivity contribution in [3.8, 4) is 0 Å². The van der Waals surface area contributed by atoms with Crippen molar-refractivity contribution in [2.24, 2.45) is 0 Å². The number of halogens is 2. The lowest BCUT2D eigenvalue weighted by molar-refractivity contribution is 0.536. The molecular formula is C13H16Cl2N4. The molecule has 0 saturated heterocycles. The highest BCUT2D eigenvalue weighted by atomic mass is 35.5. The zero-order chi connectivity index (χ0) is 14.2. The molecule has 0 radical (unpaired) electrons. The van der Waals surface area contributed by atoms with E-state index in [1.54, 1.807) is 18.2 Å². The van der Waals surface area contributed by atoms with Crippen molar-refractivity contribution in [3.63, 3.8) is 0 Å². The van der Waals surface area contributed by atoms with E-state index in [-0.39, 0.29) is 6.04 Å². The average Bonchev–Trinajstić information content (AvgIpc) is 2.62. The van der Waals surface area contributed by atoms with Crippen molar-refractivity contribution in [1.82, 2.24) is 9.78 Å². The van der Waals surface area contributed by atoms with Gasteiger partial charge < -0.3 is 11.1 Å². The number of nitrogens with one attached hydrogen (secondary N) is 1. The maximum atomic E-state index is 6.15. The Balaban J connectivity index is 2.49. The summed E-state index contributed by atoms with van der Waals surface area (Å²) in [7, 11) is 0. The van der Waals surface area contributed by atoms with Crippen LogP contribution in [-0.2, 0) is 0 Å². The topological polar surface area (TPSA) is 55.9 Å². The molecule has 3 N–H and O–H groups in total. The highest BCUT2D eigenvalue weighted by Gasteiger charge is 2.17. The maximum absolute atomic E-state index is 6.15. The number of anilines is 3. The van der Waals surface area contributed by atoms with Gasteiger partial charge in [-0.05, 0) is 32.9 Å². The summed E-state index contributed by atoms with van der Waals surface area (Å²) in [5, 5.41) is 8.68. The van der Waals surface area contributed by atoms with E-state index in [0.717, 1.165) is 5.69 Å². The van der Waals surface area contributed by atoms with Gasteiger partial charge in [0.05, 0.1) is 27.1 Å². The summed E-state index contributed by atoms with van der Waals surface area (Å²) in [5.74, 6) is 0.711. The third-order valence-corrected chi connectivity index (χ3v) is 3.46. The van der Waals surface area contributed by atoms with Gasteiger partial charge in [-0.1, -0.05) is 29.3 Å². The van der Waals surface area contributed by atoms with Crippen LogP contribution in [0.15, 0.2) is 18.2 Å². The molecule has 0 unspecified atom stereocenters. The molecule has 0 amide bonds. The van der Waals surface area contributed by atoms with Gasteiger partial charge in [0, 0.05) is 6.04 Å². The van der Waals surface area contributed by atoms with Gasteiger partial charge in [0.1, 0.15) is 0 Å². The Bertz CT molecular complexity index is 585. The Morgan fingerprint density at radius 1 is 1.26 bits per heavy atom. The Morgan fingerprint density at radius 2 is 1.84 bits per heavy atom. The van der Waals surface area contributed by atoms with E-state index >= 15 is 0 Å². The number of nitrogens with zero attached hydrogens (tertiary/aromatic N) is 2. The van der Waals surface area contributed by atoms with Gasteiger partial charge in [-0.15, -0.1) is 0 Å². The number of hydrogen-bond donors (Lipinski definition) is 2. The first kappa shape index (κ1) is 14.0. The average molecular weight is 299 g/mol. The molecule has 0 fully saturated rings. The second kappa shape index (κ2) is 5.31. The molecule has 0 aliphatic rings. The predicted molar refractivity (Wildman–Crippen MR) is 81.5 cm³/mol. The monoisotopic (exact) mass is 298 g/mol. The van der Waals surface area contributed by atoms with Crippen LogP contribution in [-0.4, -0.2) is 9.78 Å². The molecule has 4 nitrogen and oxygen atoms in total. The molecule has 2 aromatic rings.